The summed E-state index contributed by atoms with van der Waals surface area (Å²) in [7, 11) is 1.51. The fourth-order valence-corrected chi connectivity index (χ4v) is 3.46. The highest BCUT2D eigenvalue weighted by atomic mass is 16.5. The van der Waals surface area contributed by atoms with Gasteiger partial charge in [0.15, 0.2) is 0 Å². The third kappa shape index (κ3) is 4.94. The zero-order chi connectivity index (χ0) is 23.4. The monoisotopic (exact) mass is 445 g/mol. The van der Waals surface area contributed by atoms with Crippen LogP contribution in [0, 0.1) is 0 Å². The number of primary amides is 1. The Labute approximate surface area is 190 Å². The van der Waals surface area contributed by atoms with E-state index in [0.29, 0.717) is 34.2 Å². The highest BCUT2D eigenvalue weighted by Crippen LogP contribution is 2.32. The van der Waals surface area contributed by atoms with Gasteiger partial charge >= 0.3 is 0 Å². The van der Waals surface area contributed by atoms with E-state index in [4.69, 9.17) is 20.9 Å². The molecular formula is C24H23N5O4. The number of carbonyl (C=O) groups is 1. The van der Waals surface area contributed by atoms with Gasteiger partial charge in [0.25, 0.3) is 0 Å². The Morgan fingerprint density at radius 1 is 1.09 bits per heavy atom. The Hall–Kier alpha value is -4.37. The van der Waals surface area contributed by atoms with E-state index < -0.39 is 12.1 Å². The zero-order valence-electron chi connectivity index (χ0n) is 17.9. The van der Waals surface area contributed by atoms with Crippen molar-refractivity contribution in [2.45, 2.75) is 12.6 Å². The molecule has 6 N–H and O–H groups in total. The molecule has 0 aliphatic rings. The number of nitrogens with one attached hydrogen (secondary N) is 1. The average molecular weight is 445 g/mol. The molecule has 0 aliphatic carbocycles. The van der Waals surface area contributed by atoms with E-state index in [-0.39, 0.29) is 12.4 Å². The van der Waals surface area contributed by atoms with Gasteiger partial charge in [-0.2, -0.15) is 4.98 Å². The smallest absolute Gasteiger partial charge is 0.248 e. The first-order valence-corrected chi connectivity index (χ1v) is 10.1. The van der Waals surface area contributed by atoms with Gasteiger partial charge in [-0.05, 0) is 35.9 Å². The topological polar surface area (TPSA) is 146 Å². The van der Waals surface area contributed by atoms with Crippen LogP contribution < -0.4 is 26.3 Å². The van der Waals surface area contributed by atoms with Crippen molar-refractivity contribution in [2.75, 3.05) is 18.2 Å². The first-order valence-electron chi connectivity index (χ1n) is 10.1. The largest absolute Gasteiger partial charge is 0.496 e. The molecule has 1 aromatic heterocycles. The van der Waals surface area contributed by atoms with Gasteiger partial charge in [-0.25, -0.2) is 4.98 Å². The fourth-order valence-electron chi connectivity index (χ4n) is 3.46. The first kappa shape index (κ1) is 21.8. The van der Waals surface area contributed by atoms with E-state index in [1.54, 1.807) is 36.4 Å². The molecule has 1 amide bonds. The van der Waals surface area contributed by atoms with Crippen molar-refractivity contribution in [1.29, 1.82) is 0 Å². The summed E-state index contributed by atoms with van der Waals surface area (Å²) in [6.07, 6.45) is 0.585. The molecule has 0 fully saturated rings. The second-order valence-corrected chi connectivity index (χ2v) is 7.27. The number of fused-ring (bicyclic) bond motifs is 1. The van der Waals surface area contributed by atoms with E-state index in [1.807, 2.05) is 24.3 Å². The quantitative estimate of drug-likeness (QED) is 0.239. The highest BCUT2D eigenvalue weighted by Gasteiger charge is 2.14. The van der Waals surface area contributed by atoms with Crippen molar-refractivity contribution in [1.82, 2.24) is 9.97 Å². The number of nitrogens with two attached hydrogens (primary N) is 2. The maximum absolute atomic E-state index is 11.5. The fraction of sp³-hybridized carbons (Fsp3) is 0.125. The van der Waals surface area contributed by atoms with Crippen LogP contribution in [0.15, 0.2) is 66.9 Å². The number of carbonyl (C=O) groups excluding carboxylic acids is 1. The minimum atomic E-state index is -1.06. The summed E-state index contributed by atoms with van der Waals surface area (Å²) in [5.74, 6) is 1.02. The molecule has 4 aromatic rings. The summed E-state index contributed by atoms with van der Waals surface area (Å²) in [6.45, 7) is 0. The molecule has 0 spiro atoms. The van der Waals surface area contributed by atoms with E-state index >= 15 is 0 Å². The number of anilines is 2. The number of aromatic nitrogens is 2. The lowest BCUT2D eigenvalue weighted by molar-refractivity contribution is 0.1000. The summed E-state index contributed by atoms with van der Waals surface area (Å²) in [6, 6.07) is 17.6. The number of methoxy groups -OCH3 is 1. The molecule has 168 valence electrons. The van der Waals surface area contributed by atoms with Gasteiger partial charge in [-0.15, -0.1) is 0 Å². The number of ether oxygens (including phenoxy) is 2. The predicted molar refractivity (Wildman–Crippen MR) is 125 cm³/mol. The molecule has 9 nitrogen and oxygen atoms in total. The Balaban J connectivity index is 1.51. The van der Waals surface area contributed by atoms with Crippen molar-refractivity contribution in [3.05, 3.63) is 78.0 Å². The minimum absolute atomic E-state index is 0.126. The Kier molecular flexibility index (Phi) is 6.23. The number of aliphatic hydroxyl groups is 1. The number of hydrogen-bond acceptors (Lipinski definition) is 8. The van der Waals surface area contributed by atoms with Gasteiger partial charge in [0.2, 0.25) is 17.7 Å². The van der Waals surface area contributed by atoms with Crippen LogP contribution in [-0.4, -0.2) is 34.3 Å². The number of nitrogens with zero attached hydrogens (tertiary/aromatic N) is 2. The van der Waals surface area contributed by atoms with Gasteiger partial charge in [0.1, 0.15) is 17.7 Å². The molecule has 0 saturated heterocycles. The highest BCUT2D eigenvalue weighted by molar-refractivity contribution is 5.97. The molecule has 1 unspecified atom stereocenters. The predicted octanol–water partition coefficient (Wildman–Crippen LogP) is 3.08. The summed E-state index contributed by atoms with van der Waals surface area (Å²) in [5.41, 5.74) is 13.0. The van der Waals surface area contributed by atoms with Crippen molar-refractivity contribution in [3.8, 4) is 17.4 Å². The van der Waals surface area contributed by atoms with Crippen LogP contribution >= 0.6 is 0 Å². The summed E-state index contributed by atoms with van der Waals surface area (Å²) < 4.78 is 11.3. The molecule has 0 radical (unpaired) electrons. The lowest BCUT2D eigenvalue weighted by Gasteiger charge is -2.16. The number of nitrogen functional groups attached to an aromatic ring is 1. The molecular weight excluding hydrogens is 422 g/mol. The molecule has 0 bridgehead atoms. The zero-order valence-corrected chi connectivity index (χ0v) is 17.9. The molecule has 3 aromatic carbocycles. The Morgan fingerprint density at radius 2 is 1.85 bits per heavy atom. The molecule has 4 rings (SSSR count). The second kappa shape index (κ2) is 9.41. The van der Waals surface area contributed by atoms with Crippen LogP contribution in [0.25, 0.3) is 10.8 Å². The molecule has 1 heterocycles. The SMILES string of the molecule is COc1ccc(C(N)=O)cc1CC(O)Nc1nccc(Oc2ccc(N)c3ccccc23)n1. The number of aliphatic hydroxyl groups excluding tert-OH is 1. The van der Waals surface area contributed by atoms with Gasteiger partial charge in [0, 0.05) is 40.7 Å². The van der Waals surface area contributed by atoms with Gasteiger partial charge in [-0.3, -0.25) is 4.79 Å². The molecule has 9 heteroatoms. The minimum Gasteiger partial charge on any atom is -0.496 e. The third-order valence-electron chi connectivity index (χ3n) is 5.04. The summed E-state index contributed by atoms with van der Waals surface area (Å²) >= 11 is 0. The van der Waals surface area contributed by atoms with Crippen molar-refractivity contribution in [2.24, 2.45) is 5.73 Å². The maximum Gasteiger partial charge on any atom is 0.248 e. The van der Waals surface area contributed by atoms with Crippen molar-refractivity contribution < 1.29 is 19.4 Å². The average Bonchev–Trinajstić information content (AvgIpc) is 2.81. The lowest BCUT2D eigenvalue weighted by atomic mass is 10.1. The van der Waals surface area contributed by atoms with Crippen LogP contribution in [0.2, 0.25) is 0 Å². The Bertz CT molecular complexity index is 1310. The van der Waals surface area contributed by atoms with Crippen LogP contribution in [-0.2, 0) is 6.42 Å². The lowest BCUT2D eigenvalue weighted by Crippen LogP contribution is -2.23. The van der Waals surface area contributed by atoms with E-state index in [0.717, 1.165) is 10.8 Å². The van der Waals surface area contributed by atoms with Crippen LogP contribution in [0.1, 0.15) is 15.9 Å². The van der Waals surface area contributed by atoms with E-state index in [1.165, 1.54) is 13.3 Å². The maximum atomic E-state index is 11.5. The molecule has 33 heavy (non-hydrogen) atoms. The molecule has 1 atom stereocenters. The normalized spacial score (nSPS) is 11.7. The standard InChI is InChI=1S/C24H23N5O4/c1-32-19-8-6-14(23(26)31)12-15(19)13-21(30)28-24-27-11-10-22(29-24)33-20-9-7-18(25)16-4-2-3-5-17(16)20/h2-12,21,30H,13,25H2,1H3,(H2,26,31)(H,27,28,29). The number of rotatable bonds is 8. The molecule has 0 aliphatic heterocycles. The summed E-state index contributed by atoms with van der Waals surface area (Å²) in [5, 5.41) is 15.1. The molecule has 0 saturated carbocycles. The van der Waals surface area contributed by atoms with Crippen molar-refractivity contribution in [3.63, 3.8) is 0 Å². The second-order valence-electron chi connectivity index (χ2n) is 7.27. The number of amides is 1. The van der Waals surface area contributed by atoms with Gasteiger partial charge < -0.3 is 31.4 Å². The first-order chi connectivity index (χ1) is 15.9. The Morgan fingerprint density at radius 3 is 2.61 bits per heavy atom. The van der Waals surface area contributed by atoms with Gasteiger partial charge in [0.05, 0.1) is 7.11 Å². The van der Waals surface area contributed by atoms with Gasteiger partial charge in [-0.1, -0.05) is 24.3 Å². The van der Waals surface area contributed by atoms with Crippen LogP contribution in [0.5, 0.6) is 17.4 Å². The van der Waals surface area contributed by atoms with E-state index in [2.05, 4.69) is 15.3 Å². The number of benzene rings is 3. The third-order valence-corrected chi connectivity index (χ3v) is 5.04. The van der Waals surface area contributed by atoms with Crippen LogP contribution in [0.3, 0.4) is 0 Å². The van der Waals surface area contributed by atoms with Crippen LogP contribution in [0.4, 0.5) is 11.6 Å². The summed E-state index contributed by atoms with van der Waals surface area (Å²) in [4.78, 5) is 19.9. The number of hydrogen-bond donors (Lipinski definition) is 4. The van der Waals surface area contributed by atoms with E-state index in [9.17, 15) is 9.90 Å². The van der Waals surface area contributed by atoms with Crippen molar-refractivity contribution >= 4 is 28.3 Å².